The predicted molar refractivity (Wildman–Crippen MR) is 84.9 cm³/mol. The fourth-order valence-corrected chi connectivity index (χ4v) is 1.90. The number of rotatable bonds is 4. The Morgan fingerprint density at radius 2 is 2.00 bits per heavy atom. The molecule has 0 fully saturated rings. The van der Waals surface area contributed by atoms with Crippen molar-refractivity contribution in [2.45, 2.75) is 26.8 Å². The first-order valence-corrected chi connectivity index (χ1v) is 6.99. The minimum atomic E-state index is -0.316. The van der Waals surface area contributed by atoms with Crippen LogP contribution in [0.25, 0.3) is 0 Å². The molecule has 2 aromatic rings. The van der Waals surface area contributed by atoms with Gasteiger partial charge in [0.05, 0.1) is 12.4 Å². The van der Waals surface area contributed by atoms with Crippen molar-refractivity contribution in [3.63, 3.8) is 0 Å². The third kappa shape index (κ3) is 4.16. The molecule has 0 saturated heterocycles. The number of hydrogen-bond acceptors (Lipinski definition) is 4. The summed E-state index contributed by atoms with van der Waals surface area (Å²) in [6, 6.07) is 5.59. The van der Waals surface area contributed by atoms with Crippen LogP contribution in [0.1, 0.15) is 29.9 Å². The summed E-state index contributed by atoms with van der Waals surface area (Å²) in [4.78, 5) is 20.4. The van der Waals surface area contributed by atoms with Crippen LogP contribution < -0.4 is 10.6 Å². The maximum absolute atomic E-state index is 12.1. The molecule has 2 N–H and O–H groups in total. The number of anilines is 2. The predicted octanol–water partition coefficient (Wildman–Crippen LogP) is 3.51. The number of aromatic nitrogens is 2. The van der Waals surface area contributed by atoms with E-state index in [2.05, 4.69) is 20.6 Å². The molecule has 1 heterocycles. The molecule has 1 amide bonds. The summed E-state index contributed by atoms with van der Waals surface area (Å²) in [5.41, 5.74) is 1.85. The molecule has 110 valence electrons. The van der Waals surface area contributed by atoms with Crippen molar-refractivity contribution in [1.29, 1.82) is 0 Å². The highest BCUT2D eigenvalue weighted by Crippen LogP contribution is 2.20. The van der Waals surface area contributed by atoms with E-state index >= 15 is 0 Å². The number of benzene rings is 1. The van der Waals surface area contributed by atoms with Crippen molar-refractivity contribution in [3.8, 4) is 0 Å². The van der Waals surface area contributed by atoms with Gasteiger partial charge in [0.25, 0.3) is 5.91 Å². The van der Waals surface area contributed by atoms with Crippen LogP contribution in [-0.2, 0) is 0 Å². The Hall–Kier alpha value is -2.14. The van der Waals surface area contributed by atoms with Crippen LogP contribution in [-0.4, -0.2) is 21.9 Å². The summed E-state index contributed by atoms with van der Waals surface area (Å²) in [5.74, 6) is 0.324. The Labute approximate surface area is 128 Å². The van der Waals surface area contributed by atoms with E-state index in [1.165, 1.54) is 6.20 Å². The average Bonchev–Trinajstić information content (AvgIpc) is 2.43. The van der Waals surface area contributed by atoms with Gasteiger partial charge in [0.2, 0.25) is 0 Å². The highest BCUT2D eigenvalue weighted by Gasteiger charge is 2.10. The first kappa shape index (κ1) is 15.3. The lowest BCUT2D eigenvalue weighted by Gasteiger charge is -2.10. The molecule has 21 heavy (non-hydrogen) atoms. The third-order valence-corrected chi connectivity index (χ3v) is 3.00. The van der Waals surface area contributed by atoms with Gasteiger partial charge in [-0.15, -0.1) is 0 Å². The smallest absolute Gasteiger partial charge is 0.275 e. The van der Waals surface area contributed by atoms with Crippen molar-refractivity contribution in [1.82, 2.24) is 9.97 Å². The van der Waals surface area contributed by atoms with E-state index < -0.39 is 0 Å². The topological polar surface area (TPSA) is 66.9 Å². The molecule has 0 spiro atoms. The quantitative estimate of drug-likeness (QED) is 0.907. The van der Waals surface area contributed by atoms with Crippen molar-refractivity contribution >= 4 is 29.0 Å². The Morgan fingerprint density at radius 1 is 1.24 bits per heavy atom. The highest BCUT2D eigenvalue weighted by molar-refractivity contribution is 6.31. The van der Waals surface area contributed by atoms with Crippen molar-refractivity contribution in [2.75, 3.05) is 10.6 Å². The van der Waals surface area contributed by atoms with Crippen molar-refractivity contribution in [3.05, 3.63) is 46.9 Å². The van der Waals surface area contributed by atoms with E-state index in [0.717, 1.165) is 5.56 Å². The number of halogens is 1. The Kier molecular flexibility index (Phi) is 4.75. The van der Waals surface area contributed by atoms with Crippen LogP contribution >= 0.6 is 11.6 Å². The van der Waals surface area contributed by atoms with Gasteiger partial charge in [-0.1, -0.05) is 17.7 Å². The summed E-state index contributed by atoms with van der Waals surface area (Å²) >= 11 is 5.93. The summed E-state index contributed by atoms with van der Waals surface area (Å²) in [5, 5.41) is 6.46. The van der Waals surface area contributed by atoms with Crippen LogP contribution in [0.5, 0.6) is 0 Å². The summed E-state index contributed by atoms with van der Waals surface area (Å²) in [7, 11) is 0. The molecule has 0 unspecified atom stereocenters. The summed E-state index contributed by atoms with van der Waals surface area (Å²) in [6.07, 6.45) is 2.99. The van der Waals surface area contributed by atoms with Gasteiger partial charge in [-0.3, -0.25) is 4.79 Å². The second-order valence-electron chi connectivity index (χ2n) is 5.00. The lowest BCUT2D eigenvalue weighted by Crippen LogP contribution is -2.16. The van der Waals surface area contributed by atoms with Gasteiger partial charge in [0.15, 0.2) is 0 Å². The molecule has 0 saturated carbocycles. The van der Waals surface area contributed by atoms with Gasteiger partial charge in [0.1, 0.15) is 11.5 Å². The summed E-state index contributed by atoms with van der Waals surface area (Å²) in [6.45, 7) is 5.90. The van der Waals surface area contributed by atoms with Crippen LogP contribution in [0.4, 0.5) is 11.5 Å². The minimum absolute atomic E-state index is 0.253. The van der Waals surface area contributed by atoms with Crippen LogP contribution in [0.2, 0.25) is 5.02 Å². The molecular weight excluding hydrogens is 288 g/mol. The Balaban J connectivity index is 2.11. The number of nitrogens with one attached hydrogen (secondary N) is 2. The van der Waals surface area contributed by atoms with Gasteiger partial charge in [0, 0.05) is 16.8 Å². The maximum Gasteiger partial charge on any atom is 0.275 e. The van der Waals surface area contributed by atoms with E-state index in [1.54, 1.807) is 18.3 Å². The van der Waals surface area contributed by atoms with E-state index in [9.17, 15) is 4.79 Å². The molecule has 1 aromatic heterocycles. The zero-order chi connectivity index (χ0) is 15.4. The Bertz CT molecular complexity index is 641. The largest absolute Gasteiger partial charge is 0.367 e. The molecule has 0 aliphatic rings. The molecule has 0 aliphatic carbocycles. The summed E-state index contributed by atoms with van der Waals surface area (Å²) < 4.78 is 0. The molecular formula is C15H17ClN4O. The van der Waals surface area contributed by atoms with Gasteiger partial charge in [-0.05, 0) is 38.5 Å². The molecule has 1 aromatic carbocycles. The van der Waals surface area contributed by atoms with Crippen molar-refractivity contribution in [2.24, 2.45) is 0 Å². The SMILES string of the molecule is Cc1ccc(Cl)cc1NC(=O)c1cnc(NC(C)C)cn1. The zero-order valence-corrected chi connectivity index (χ0v) is 12.9. The van der Waals surface area contributed by atoms with Gasteiger partial charge in [-0.2, -0.15) is 0 Å². The molecule has 0 aliphatic heterocycles. The average molecular weight is 305 g/mol. The lowest BCUT2D eigenvalue weighted by atomic mass is 10.2. The molecule has 0 bridgehead atoms. The fraction of sp³-hybridized carbons (Fsp3) is 0.267. The first-order chi connectivity index (χ1) is 9.95. The second kappa shape index (κ2) is 6.54. The number of carbonyl (C=O) groups excluding carboxylic acids is 1. The van der Waals surface area contributed by atoms with Crippen LogP contribution in [0.15, 0.2) is 30.6 Å². The number of nitrogens with zero attached hydrogens (tertiary/aromatic N) is 2. The van der Waals surface area contributed by atoms with Gasteiger partial charge >= 0.3 is 0 Å². The van der Waals surface area contributed by atoms with Crippen molar-refractivity contribution < 1.29 is 4.79 Å². The molecule has 2 rings (SSSR count). The first-order valence-electron chi connectivity index (χ1n) is 6.62. The van der Waals surface area contributed by atoms with Crippen LogP contribution in [0, 0.1) is 6.92 Å². The highest BCUT2D eigenvalue weighted by atomic mass is 35.5. The van der Waals surface area contributed by atoms with Gasteiger partial charge < -0.3 is 10.6 Å². The van der Waals surface area contributed by atoms with E-state index in [0.29, 0.717) is 16.5 Å². The van der Waals surface area contributed by atoms with E-state index in [-0.39, 0.29) is 17.6 Å². The number of aryl methyl sites for hydroxylation is 1. The second-order valence-corrected chi connectivity index (χ2v) is 5.44. The molecule has 6 heteroatoms. The minimum Gasteiger partial charge on any atom is -0.367 e. The van der Waals surface area contributed by atoms with E-state index in [4.69, 9.17) is 11.6 Å². The standard InChI is InChI=1S/C15H17ClN4O/c1-9(2)19-14-8-17-13(7-18-14)15(21)20-12-6-11(16)5-4-10(12)3/h4-9H,1-3H3,(H,18,19)(H,20,21). The molecule has 0 radical (unpaired) electrons. The third-order valence-electron chi connectivity index (χ3n) is 2.77. The molecule has 5 nitrogen and oxygen atoms in total. The Morgan fingerprint density at radius 3 is 2.62 bits per heavy atom. The van der Waals surface area contributed by atoms with E-state index in [1.807, 2.05) is 26.8 Å². The number of amides is 1. The lowest BCUT2D eigenvalue weighted by molar-refractivity contribution is 0.102. The maximum atomic E-state index is 12.1. The monoisotopic (exact) mass is 304 g/mol. The number of hydrogen-bond donors (Lipinski definition) is 2. The fourth-order valence-electron chi connectivity index (χ4n) is 1.73. The van der Waals surface area contributed by atoms with Crippen LogP contribution in [0.3, 0.4) is 0 Å². The molecule has 0 atom stereocenters. The normalized spacial score (nSPS) is 10.5. The van der Waals surface area contributed by atoms with Gasteiger partial charge in [-0.25, -0.2) is 9.97 Å². The number of carbonyl (C=O) groups is 1. The zero-order valence-electron chi connectivity index (χ0n) is 12.1.